The highest BCUT2D eigenvalue weighted by Gasteiger charge is 2.23. The van der Waals surface area contributed by atoms with Crippen LogP contribution < -0.4 is 11.1 Å². The van der Waals surface area contributed by atoms with Gasteiger partial charge in [0.25, 0.3) is 5.91 Å². The maximum atomic E-state index is 13.1. The summed E-state index contributed by atoms with van der Waals surface area (Å²) < 4.78 is 18.9. The number of rotatable bonds is 4. The summed E-state index contributed by atoms with van der Waals surface area (Å²) in [5.41, 5.74) is 5.97. The standard InChI is InChI=1S/C16H23FN2O2/c1-10-3-6-13(7-4-10)21-11(2)16(20)19-12-5-8-14(17)15(18)9-12/h5,8-11,13H,3-4,6-7,18H2,1-2H3,(H,19,20). The summed E-state index contributed by atoms with van der Waals surface area (Å²) in [7, 11) is 0. The molecule has 1 aliphatic carbocycles. The molecular weight excluding hydrogens is 271 g/mol. The van der Waals surface area contributed by atoms with E-state index >= 15 is 0 Å². The van der Waals surface area contributed by atoms with Gasteiger partial charge in [-0.2, -0.15) is 0 Å². The first-order valence-electron chi connectivity index (χ1n) is 7.47. The van der Waals surface area contributed by atoms with Crippen molar-refractivity contribution in [3.05, 3.63) is 24.0 Å². The van der Waals surface area contributed by atoms with Crippen molar-refractivity contribution in [3.8, 4) is 0 Å². The summed E-state index contributed by atoms with van der Waals surface area (Å²) in [5, 5.41) is 2.70. The molecule has 4 nitrogen and oxygen atoms in total. The second-order valence-corrected chi connectivity index (χ2v) is 5.89. The van der Waals surface area contributed by atoms with Crippen LogP contribution in [0.4, 0.5) is 15.8 Å². The largest absolute Gasteiger partial charge is 0.396 e. The van der Waals surface area contributed by atoms with Crippen molar-refractivity contribution in [2.45, 2.75) is 51.7 Å². The van der Waals surface area contributed by atoms with Gasteiger partial charge in [-0.15, -0.1) is 0 Å². The van der Waals surface area contributed by atoms with Crippen molar-refractivity contribution in [2.24, 2.45) is 5.92 Å². The first-order valence-corrected chi connectivity index (χ1v) is 7.47. The van der Waals surface area contributed by atoms with E-state index in [9.17, 15) is 9.18 Å². The Morgan fingerprint density at radius 3 is 2.67 bits per heavy atom. The van der Waals surface area contributed by atoms with Crippen LogP contribution in [0, 0.1) is 11.7 Å². The Labute approximate surface area is 124 Å². The number of hydrogen-bond acceptors (Lipinski definition) is 3. The van der Waals surface area contributed by atoms with Gasteiger partial charge in [-0.25, -0.2) is 4.39 Å². The minimum atomic E-state index is -0.533. The third-order valence-electron chi connectivity index (χ3n) is 3.99. The van der Waals surface area contributed by atoms with Crippen molar-refractivity contribution in [2.75, 3.05) is 11.1 Å². The predicted octanol–water partition coefficient (Wildman–Crippen LogP) is 3.33. The molecule has 1 aromatic carbocycles. The van der Waals surface area contributed by atoms with E-state index in [4.69, 9.17) is 10.5 Å². The molecule has 0 aliphatic heterocycles. The molecule has 2 rings (SSSR count). The summed E-state index contributed by atoms with van der Waals surface area (Å²) in [6.45, 7) is 3.98. The summed E-state index contributed by atoms with van der Waals surface area (Å²) in [4.78, 5) is 12.1. The number of nitrogen functional groups attached to an aromatic ring is 1. The molecule has 1 aliphatic rings. The van der Waals surface area contributed by atoms with Crippen molar-refractivity contribution >= 4 is 17.3 Å². The van der Waals surface area contributed by atoms with Gasteiger partial charge in [-0.05, 0) is 56.7 Å². The molecule has 1 unspecified atom stereocenters. The number of anilines is 2. The summed E-state index contributed by atoms with van der Waals surface area (Å²) in [6, 6.07) is 4.12. The van der Waals surface area contributed by atoms with E-state index in [1.807, 2.05) is 0 Å². The molecule has 116 valence electrons. The second kappa shape index (κ2) is 6.89. The average Bonchev–Trinajstić information content (AvgIpc) is 2.45. The Morgan fingerprint density at radius 2 is 2.05 bits per heavy atom. The monoisotopic (exact) mass is 294 g/mol. The van der Waals surface area contributed by atoms with Crippen LogP contribution in [0.2, 0.25) is 0 Å². The molecule has 0 bridgehead atoms. The predicted molar refractivity (Wildman–Crippen MR) is 81.4 cm³/mol. The van der Waals surface area contributed by atoms with E-state index in [0.29, 0.717) is 5.69 Å². The van der Waals surface area contributed by atoms with Gasteiger partial charge < -0.3 is 15.8 Å². The van der Waals surface area contributed by atoms with Crippen LogP contribution in [-0.2, 0) is 9.53 Å². The Bertz CT molecular complexity index is 499. The molecular formula is C16H23FN2O2. The van der Waals surface area contributed by atoms with Crippen molar-refractivity contribution in [1.82, 2.24) is 0 Å². The fourth-order valence-electron chi connectivity index (χ4n) is 2.58. The highest BCUT2D eigenvalue weighted by molar-refractivity contribution is 5.94. The molecule has 1 fully saturated rings. The lowest BCUT2D eigenvalue weighted by Gasteiger charge is -2.28. The Kier molecular flexibility index (Phi) is 5.17. The topological polar surface area (TPSA) is 64.3 Å². The number of nitrogens with two attached hydrogens (primary N) is 1. The van der Waals surface area contributed by atoms with Gasteiger partial charge in [0.15, 0.2) is 0 Å². The van der Waals surface area contributed by atoms with E-state index in [1.54, 1.807) is 6.92 Å². The number of amides is 1. The molecule has 0 saturated heterocycles. The molecule has 0 radical (unpaired) electrons. The number of hydrogen-bond donors (Lipinski definition) is 2. The van der Waals surface area contributed by atoms with Crippen LogP contribution in [0.1, 0.15) is 39.5 Å². The highest BCUT2D eigenvalue weighted by atomic mass is 19.1. The zero-order valence-electron chi connectivity index (χ0n) is 12.6. The van der Waals surface area contributed by atoms with Crippen LogP contribution >= 0.6 is 0 Å². The van der Waals surface area contributed by atoms with Gasteiger partial charge in [-0.3, -0.25) is 4.79 Å². The third-order valence-corrected chi connectivity index (χ3v) is 3.99. The van der Waals surface area contributed by atoms with Crippen LogP contribution in [0.15, 0.2) is 18.2 Å². The molecule has 0 spiro atoms. The first-order chi connectivity index (χ1) is 9.95. The van der Waals surface area contributed by atoms with Gasteiger partial charge in [0, 0.05) is 5.69 Å². The quantitative estimate of drug-likeness (QED) is 0.837. The Balaban J connectivity index is 1.86. The van der Waals surface area contributed by atoms with E-state index in [-0.39, 0.29) is 17.7 Å². The molecule has 5 heteroatoms. The van der Waals surface area contributed by atoms with Crippen LogP contribution in [0.25, 0.3) is 0 Å². The highest BCUT2D eigenvalue weighted by Crippen LogP contribution is 2.26. The normalized spacial score (nSPS) is 23.6. The second-order valence-electron chi connectivity index (χ2n) is 5.89. The zero-order chi connectivity index (χ0) is 15.4. The van der Waals surface area contributed by atoms with Gasteiger partial charge in [0.2, 0.25) is 0 Å². The maximum absolute atomic E-state index is 13.1. The van der Waals surface area contributed by atoms with Crippen molar-refractivity contribution in [1.29, 1.82) is 0 Å². The molecule has 1 amide bonds. The fraction of sp³-hybridized carbons (Fsp3) is 0.562. The van der Waals surface area contributed by atoms with Crippen LogP contribution in [-0.4, -0.2) is 18.1 Å². The van der Waals surface area contributed by atoms with Crippen LogP contribution in [0.3, 0.4) is 0 Å². The Morgan fingerprint density at radius 1 is 1.38 bits per heavy atom. The summed E-state index contributed by atoms with van der Waals surface area (Å²) >= 11 is 0. The summed E-state index contributed by atoms with van der Waals surface area (Å²) in [5.74, 6) is 0.0180. The molecule has 3 N–H and O–H groups in total. The van der Waals surface area contributed by atoms with Crippen molar-refractivity contribution in [3.63, 3.8) is 0 Å². The molecule has 1 aromatic rings. The molecule has 21 heavy (non-hydrogen) atoms. The number of carbonyl (C=O) groups is 1. The van der Waals surface area contributed by atoms with E-state index in [1.165, 1.54) is 18.2 Å². The van der Waals surface area contributed by atoms with Gasteiger partial charge in [0.1, 0.15) is 11.9 Å². The number of carbonyl (C=O) groups excluding carboxylic acids is 1. The van der Waals surface area contributed by atoms with Crippen LogP contribution in [0.5, 0.6) is 0 Å². The smallest absolute Gasteiger partial charge is 0.253 e. The fourth-order valence-corrected chi connectivity index (χ4v) is 2.58. The van der Waals surface area contributed by atoms with E-state index in [0.717, 1.165) is 31.6 Å². The minimum Gasteiger partial charge on any atom is -0.396 e. The first kappa shape index (κ1) is 15.8. The van der Waals surface area contributed by atoms with E-state index < -0.39 is 11.9 Å². The molecule has 1 atom stereocenters. The lowest BCUT2D eigenvalue weighted by atomic mass is 9.89. The van der Waals surface area contributed by atoms with Gasteiger partial charge in [0.05, 0.1) is 11.8 Å². The Hall–Kier alpha value is -1.62. The van der Waals surface area contributed by atoms with Crippen molar-refractivity contribution < 1.29 is 13.9 Å². The number of halogens is 1. The van der Waals surface area contributed by atoms with Gasteiger partial charge in [-0.1, -0.05) is 6.92 Å². The molecule has 0 heterocycles. The van der Waals surface area contributed by atoms with Gasteiger partial charge >= 0.3 is 0 Å². The minimum absolute atomic E-state index is 0.0163. The van der Waals surface area contributed by atoms with E-state index in [2.05, 4.69) is 12.2 Å². The number of ether oxygens (including phenoxy) is 1. The summed E-state index contributed by atoms with van der Waals surface area (Å²) in [6.07, 6.45) is 3.92. The third kappa shape index (κ3) is 4.43. The lowest BCUT2D eigenvalue weighted by molar-refractivity contribution is -0.131. The average molecular weight is 294 g/mol. The molecule has 1 saturated carbocycles. The number of benzene rings is 1. The zero-order valence-corrected chi connectivity index (χ0v) is 12.6. The lowest BCUT2D eigenvalue weighted by Crippen LogP contribution is -2.33. The SMILES string of the molecule is CC1CCC(OC(C)C(=O)Nc2ccc(F)c(N)c2)CC1. The molecule has 0 aromatic heterocycles. The maximum Gasteiger partial charge on any atom is 0.253 e. The number of nitrogens with one attached hydrogen (secondary N) is 1.